The second-order valence-electron chi connectivity index (χ2n) is 4.38. The van der Waals surface area contributed by atoms with Gasteiger partial charge in [0, 0.05) is 6.54 Å². The maximum absolute atomic E-state index is 13.1. The van der Waals surface area contributed by atoms with Gasteiger partial charge in [0.2, 0.25) is 0 Å². The quantitative estimate of drug-likeness (QED) is 0.800. The van der Waals surface area contributed by atoms with E-state index in [0.29, 0.717) is 0 Å². The summed E-state index contributed by atoms with van der Waals surface area (Å²) in [6.07, 6.45) is 2.51. The Balaban J connectivity index is 1.98. The van der Waals surface area contributed by atoms with Crippen LogP contribution in [-0.4, -0.2) is 20.2 Å². The summed E-state index contributed by atoms with van der Waals surface area (Å²) in [6.45, 7) is 1.51. The molecule has 88 valence electrons. The van der Waals surface area contributed by atoms with Crippen molar-refractivity contribution in [2.75, 3.05) is 20.2 Å². The number of ether oxygens (including phenoxy) is 1. The molecule has 1 aromatic carbocycles. The van der Waals surface area contributed by atoms with Crippen molar-refractivity contribution < 1.29 is 9.13 Å². The van der Waals surface area contributed by atoms with Gasteiger partial charge >= 0.3 is 0 Å². The first-order chi connectivity index (χ1) is 7.79. The fourth-order valence-corrected chi connectivity index (χ4v) is 1.70. The van der Waals surface area contributed by atoms with Gasteiger partial charge in [-0.25, -0.2) is 4.39 Å². The van der Waals surface area contributed by atoms with E-state index in [1.165, 1.54) is 18.9 Å². The average Bonchev–Trinajstić information content (AvgIpc) is 3.08. The Labute approximate surface area is 95.8 Å². The van der Waals surface area contributed by atoms with Gasteiger partial charge in [0.1, 0.15) is 5.82 Å². The van der Waals surface area contributed by atoms with Crippen LogP contribution in [0.2, 0.25) is 0 Å². The molecule has 0 bridgehead atoms. The molecule has 0 heterocycles. The second kappa shape index (κ2) is 5.41. The van der Waals surface area contributed by atoms with E-state index >= 15 is 0 Å². The van der Waals surface area contributed by atoms with E-state index in [0.717, 1.165) is 24.6 Å². The third-order valence-electron chi connectivity index (χ3n) is 2.84. The summed E-state index contributed by atoms with van der Waals surface area (Å²) in [5.41, 5.74) is 0.912. The van der Waals surface area contributed by atoms with Crippen LogP contribution in [0.1, 0.15) is 24.5 Å². The summed E-state index contributed by atoms with van der Waals surface area (Å²) >= 11 is 0. The minimum Gasteiger partial charge on any atom is -0.372 e. The minimum absolute atomic E-state index is 0.0405. The van der Waals surface area contributed by atoms with Gasteiger partial charge < -0.3 is 10.1 Å². The largest absolute Gasteiger partial charge is 0.372 e. The Kier molecular flexibility index (Phi) is 3.91. The summed E-state index contributed by atoms with van der Waals surface area (Å²) in [6, 6.07) is 6.65. The van der Waals surface area contributed by atoms with Crippen LogP contribution in [0, 0.1) is 11.7 Å². The van der Waals surface area contributed by atoms with Crippen LogP contribution in [0.3, 0.4) is 0 Å². The molecular weight excluding hydrogens is 205 g/mol. The predicted molar refractivity (Wildman–Crippen MR) is 61.7 cm³/mol. The van der Waals surface area contributed by atoms with Gasteiger partial charge in [-0.2, -0.15) is 0 Å². The van der Waals surface area contributed by atoms with Crippen LogP contribution in [0.15, 0.2) is 24.3 Å². The lowest BCUT2D eigenvalue weighted by Gasteiger charge is -2.18. The van der Waals surface area contributed by atoms with Gasteiger partial charge in [0.05, 0.1) is 12.7 Å². The molecule has 1 aliphatic rings. The van der Waals surface area contributed by atoms with Crippen molar-refractivity contribution in [2.45, 2.75) is 18.9 Å². The van der Waals surface area contributed by atoms with Crippen LogP contribution in [0.5, 0.6) is 0 Å². The predicted octanol–water partition coefficient (Wildman–Crippen LogP) is 2.51. The molecule has 1 aliphatic carbocycles. The lowest BCUT2D eigenvalue weighted by atomic mass is 10.1. The summed E-state index contributed by atoms with van der Waals surface area (Å²) in [5, 5.41) is 3.08. The number of nitrogens with one attached hydrogen (secondary N) is 1. The van der Waals surface area contributed by atoms with Gasteiger partial charge in [-0.05, 0) is 43.5 Å². The van der Waals surface area contributed by atoms with Crippen LogP contribution in [0.25, 0.3) is 0 Å². The smallest absolute Gasteiger partial charge is 0.123 e. The molecule has 1 unspecified atom stereocenters. The molecule has 1 atom stereocenters. The fourth-order valence-electron chi connectivity index (χ4n) is 1.70. The molecular formula is C13H18FNO. The molecule has 1 saturated carbocycles. The van der Waals surface area contributed by atoms with Crippen molar-refractivity contribution in [3.8, 4) is 0 Å². The highest BCUT2D eigenvalue weighted by Crippen LogP contribution is 2.31. The molecule has 0 radical (unpaired) electrons. The monoisotopic (exact) mass is 223 g/mol. The number of benzene rings is 1. The SMILES string of the molecule is CNCC(OCC1CC1)c1cccc(F)c1. The number of halogens is 1. The molecule has 1 N–H and O–H groups in total. The van der Waals surface area contributed by atoms with E-state index < -0.39 is 0 Å². The van der Waals surface area contributed by atoms with E-state index in [9.17, 15) is 4.39 Å². The fraction of sp³-hybridized carbons (Fsp3) is 0.538. The van der Waals surface area contributed by atoms with E-state index in [1.54, 1.807) is 12.1 Å². The van der Waals surface area contributed by atoms with Crippen molar-refractivity contribution >= 4 is 0 Å². The maximum Gasteiger partial charge on any atom is 0.123 e. The van der Waals surface area contributed by atoms with Gasteiger partial charge in [-0.1, -0.05) is 12.1 Å². The molecule has 2 rings (SSSR count). The second-order valence-corrected chi connectivity index (χ2v) is 4.38. The molecule has 0 amide bonds. The zero-order valence-electron chi connectivity index (χ0n) is 9.58. The van der Waals surface area contributed by atoms with E-state index in [1.807, 2.05) is 13.1 Å². The first kappa shape index (κ1) is 11.6. The number of hydrogen-bond acceptors (Lipinski definition) is 2. The van der Waals surface area contributed by atoms with Crippen molar-refractivity contribution in [3.05, 3.63) is 35.6 Å². The van der Waals surface area contributed by atoms with Crippen LogP contribution in [-0.2, 0) is 4.74 Å². The number of rotatable bonds is 6. The first-order valence-corrected chi connectivity index (χ1v) is 5.81. The average molecular weight is 223 g/mol. The standard InChI is InChI=1S/C13H18FNO/c1-15-8-13(16-9-10-5-6-10)11-3-2-4-12(14)7-11/h2-4,7,10,13,15H,5-6,8-9H2,1H3. The van der Waals surface area contributed by atoms with E-state index in [4.69, 9.17) is 4.74 Å². The van der Waals surface area contributed by atoms with E-state index in [-0.39, 0.29) is 11.9 Å². The molecule has 1 fully saturated rings. The molecule has 16 heavy (non-hydrogen) atoms. The van der Waals surface area contributed by atoms with Gasteiger partial charge in [0.25, 0.3) is 0 Å². The first-order valence-electron chi connectivity index (χ1n) is 5.81. The topological polar surface area (TPSA) is 21.3 Å². The van der Waals surface area contributed by atoms with Crippen molar-refractivity contribution in [1.82, 2.24) is 5.32 Å². The highest BCUT2D eigenvalue weighted by atomic mass is 19.1. The van der Waals surface area contributed by atoms with E-state index in [2.05, 4.69) is 5.32 Å². The van der Waals surface area contributed by atoms with Crippen LogP contribution >= 0.6 is 0 Å². The van der Waals surface area contributed by atoms with Gasteiger partial charge in [0.15, 0.2) is 0 Å². The Morgan fingerprint density at radius 3 is 2.94 bits per heavy atom. The summed E-state index contributed by atoms with van der Waals surface area (Å²) in [4.78, 5) is 0. The summed E-state index contributed by atoms with van der Waals surface area (Å²) in [7, 11) is 1.88. The Morgan fingerprint density at radius 2 is 2.31 bits per heavy atom. The Morgan fingerprint density at radius 1 is 1.50 bits per heavy atom. The van der Waals surface area contributed by atoms with Crippen LogP contribution in [0.4, 0.5) is 4.39 Å². The molecule has 0 aromatic heterocycles. The number of hydrogen-bond donors (Lipinski definition) is 1. The number of likely N-dealkylation sites (N-methyl/N-ethyl adjacent to an activating group) is 1. The van der Waals surface area contributed by atoms with Gasteiger partial charge in [-0.3, -0.25) is 0 Å². The van der Waals surface area contributed by atoms with Crippen molar-refractivity contribution in [2.24, 2.45) is 5.92 Å². The maximum atomic E-state index is 13.1. The molecule has 0 spiro atoms. The lowest BCUT2D eigenvalue weighted by molar-refractivity contribution is 0.0463. The van der Waals surface area contributed by atoms with Crippen LogP contribution < -0.4 is 5.32 Å². The van der Waals surface area contributed by atoms with Gasteiger partial charge in [-0.15, -0.1) is 0 Å². The molecule has 0 saturated heterocycles. The Bertz CT molecular complexity index is 338. The zero-order chi connectivity index (χ0) is 11.4. The minimum atomic E-state index is -0.200. The summed E-state index contributed by atoms with van der Waals surface area (Å²) < 4.78 is 18.9. The third kappa shape index (κ3) is 3.29. The molecule has 3 heteroatoms. The lowest BCUT2D eigenvalue weighted by Crippen LogP contribution is -2.20. The third-order valence-corrected chi connectivity index (χ3v) is 2.84. The summed E-state index contributed by atoms with van der Waals surface area (Å²) in [5.74, 6) is 0.529. The molecule has 0 aliphatic heterocycles. The molecule has 2 nitrogen and oxygen atoms in total. The van der Waals surface area contributed by atoms with Crippen molar-refractivity contribution in [3.63, 3.8) is 0 Å². The normalized spacial score (nSPS) is 17.4. The highest BCUT2D eigenvalue weighted by Gasteiger charge is 2.23. The highest BCUT2D eigenvalue weighted by molar-refractivity contribution is 5.19. The van der Waals surface area contributed by atoms with Crippen molar-refractivity contribution in [1.29, 1.82) is 0 Å². The zero-order valence-corrected chi connectivity index (χ0v) is 9.58. The Hall–Kier alpha value is -0.930. The molecule has 1 aromatic rings.